The predicted molar refractivity (Wildman–Crippen MR) is 129 cm³/mol. The van der Waals surface area contributed by atoms with Gasteiger partial charge in [-0.25, -0.2) is 8.42 Å². The number of allylic oxidation sites excluding steroid dienone is 1. The van der Waals surface area contributed by atoms with Crippen molar-refractivity contribution in [1.82, 2.24) is 14.8 Å². The number of sulfone groups is 1. The molecule has 0 atom stereocenters. The third-order valence-corrected chi connectivity index (χ3v) is 7.55. The zero-order valence-electron chi connectivity index (χ0n) is 18.5. The van der Waals surface area contributed by atoms with Crippen LogP contribution in [0.1, 0.15) is 29.8 Å². The lowest BCUT2D eigenvalue weighted by Gasteiger charge is -2.09. The average Bonchev–Trinajstić information content (AvgIpc) is 3.13. The molecule has 1 aromatic heterocycles. The first-order valence-corrected chi connectivity index (χ1v) is 13.2. The maximum atomic E-state index is 12.8. The third kappa shape index (κ3) is 6.71. The fourth-order valence-corrected chi connectivity index (χ4v) is 5.27. The average molecular weight is 472 g/mol. The van der Waals surface area contributed by atoms with Crippen LogP contribution in [-0.4, -0.2) is 35.5 Å². The van der Waals surface area contributed by atoms with Gasteiger partial charge in [-0.3, -0.25) is 0 Å². The summed E-state index contributed by atoms with van der Waals surface area (Å²) in [5, 5.41) is 9.10. The summed E-state index contributed by atoms with van der Waals surface area (Å²) in [6.07, 6.45) is 3.60. The highest BCUT2D eigenvalue weighted by molar-refractivity contribution is 7.99. The summed E-state index contributed by atoms with van der Waals surface area (Å²) in [5.41, 5.74) is 2.23. The van der Waals surface area contributed by atoms with E-state index in [0.29, 0.717) is 29.0 Å². The molecular formula is C24H29N3O3S2. The van der Waals surface area contributed by atoms with Crippen molar-refractivity contribution in [3.05, 3.63) is 78.1 Å². The Morgan fingerprint density at radius 2 is 1.66 bits per heavy atom. The highest BCUT2D eigenvalue weighted by atomic mass is 32.2. The second kappa shape index (κ2) is 11.3. The number of aromatic nitrogens is 3. The monoisotopic (exact) mass is 471 g/mol. The van der Waals surface area contributed by atoms with Crippen molar-refractivity contribution in [2.75, 3.05) is 12.4 Å². The number of hydrogen-bond donors (Lipinski definition) is 0. The highest BCUT2D eigenvalue weighted by Gasteiger charge is 2.21. The molecule has 0 aliphatic heterocycles. The van der Waals surface area contributed by atoms with Crippen LogP contribution in [0.15, 0.2) is 71.2 Å². The molecule has 0 N–H and O–H groups in total. The Kier molecular flexibility index (Phi) is 8.53. The van der Waals surface area contributed by atoms with E-state index < -0.39 is 9.84 Å². The quantitative estimate of drug-likeness (QED) is 0.210. The van der Waals surface area contributed by atoms with Crippen molar-refractivity contribution in [2.24, 2.45) is 0 Å². The van der Waals surface area contributed by atoms with Crippen LogP contribution in [-0.2, 0) is 22.1 Å². The second-order valence-corrected chi connectivity index (χ2v) is 10.6. The van der Waals surface area contributed by atoms with Gasteiger partial charge in [-0.1, -0.05) is 53.2 Å². The summed E-state index contributed by atoms with van der Waals surface area (Å²) in [7, 11) is -3.50. The van der Waals surface area contributed by atoms with E-state index in [9.17, 15) is 8.42 Å². The Balaban J connectivity index is 1.54. The normalized spacial score (nSPS) is 11.4. The Bertz CT molecular complexity index is 1120. The first kappa shape index (κ1) is 24.1. The minimum Gasteiger partial charge on any atom is -0.494 e. The fraction of sp³-hybridized carbons (Fsp3) is 0.333. The second-order valence-electron chi connectivity index (χ2n) is 7.59. The molecule has 0 aliphatic rings. The van der Waals surface area contributed by atoms with Gasteiger partial charge in [0.05, 0.1) is 11.5 Å². The van der Waals surface area contributed by atoms with Crippen LogP contribution in [0.25, 0.3) is 0 Å². The molecule has 0 bridgehead atoms. The molecule has 6 nitrogen and oxygen atoms in total. The first-order chi connectivity index (χ1) is 15.4. The number of benzene rings is 2. The van der Waals surface area contributed by atoms with Crippen molar-refractivity contribution in [2.45, 2.75) is 49.0 Å². The van der Waals surface area contributed by atoms with Crippen LogP contribution in [0.5, 0.6) is 5.75 Å². The molecule has 170 valence electrons. The van der Waals surface area contributed by atoms with Crippen molar-refractivity contribution >= 4 is 21.6 Å². The van der Waals surface area contributed by atoms with Crippen molar-refractivity contribution in [1.29, 1.82) is 0 Å². The third-order valence-electron chi connectivity index (χ3n) is 4.86. The first-order valence-electron chi connectivity index (χ1n) is 10.5. The molecule has 1 heterocycles. The molecule has 3 rings (SSSR count). The van der Waals surface area contributed by atoms with Gasteiger partial charge in [0.2, 0.25) is 0 Å². The van der Waals surface area contributed by atoms with E-state index in [1.165, 1.54) is 5.56 Å². The van der Waals surface area contributed by atoms with E-state index in [1.54, 1.807) is 42.1 Å². The summed E-state index contributed by atoms with van der Waals surface area (Å²) in [4.78, 5) is 0.291. The minimum atomic E-state index is -3.50. The van der Waals surface area contributed by atoms with Crippen molar-refractivity contribution in [3.8, 4) is 5.75 Å². The van der Waals surface area contributed by atoms with Gasteiger partial charge < -0.3 is 9.30 Å². The topological polar surface area (TPSA) is 74.1 Å². The largest absolute Gasteiger partial charge is 0.494 e. The molecule has 2 aromatic carbocycles. The van der Waals surface area contributed by atoms with Crippen LogP contribution in [0.4, 0.5) is 0 Å². The molecule has 0 unspecified atom stereocenters. The molecular weight excluding hydrogens is 442 g/mol. The molecule has 3 aromatic rings. The standard InChI is InChI=1S/C24H29N3O3S2/c1-4-15-27-23(18-32(28,29)22-13-9-20(3)10-14-22)25-26-24(27)31-17-6-5-16-30-21-11-7-19(2)8-12-21/h4,7-14H,1,5-6,15-18H2,2-3H3. The lowest BCUT2D eigenvalue weighted by molar-refractivity contribution is 0.310. The lowest BCUT2D eigenvalue weighted by Crippen LogP contribution is -2.11. The van der Waals surface area contributed by atoms with E-state index in [0.717, 1.165) is 29.9 Å². The number of thioether (sulfide) groups is 1. The SMILES string of the molecule is C=CCn1c(CS(=O)(=O)c2ccc(C)cc2)nnc1SCCCCOc1ccc(C)cc1. The van der Waals surface area contributed by atoms with Gasteiger partial charge in [-0.2, -0.15) is 0 Å². The van der Waals surface area contributed by atoms with E-state index in [2.05, 4.69) is 23.7 Å². The van der Waals surface area contributed by atoms with Gasteiger partial charge in [0.25, 0.3) is 0 Å². The van der Waals surface area contributed by atoms with Crippen LogP contribution in [0.2, 0.25) is 0 Å². The summed E-state index contributed by atoms with van der Waals surface area (Å²) in [6.45, 7) is 8.88. The number of aryl methyl sites for hydroxylation is 2. The summed E-state index contributed by atoms with van der Waals surface area (Å²) in [6, 6.07) is 14.9. The Labute approximate surface area is 194 Å². The molecule has 8 heteroatoms. The molecule has 0 radical (unpaired) electrons. The molecule has 0 saturated heterocycles. The van der Waals surface area contributed by atoms with Gasteiger partial charge >= 0.3 is 0 Å². The molecule has 0 spiro atoms. The van der Waals surface area contributed by atoms with E-state index in [1.807, 2.05) is 35.8 Å². The Morgan fingerprint density at radius 3 is 2.31 bits per heavy atom. The zero-order chi connectivity index (χ0) is 23.0. The van der Waals surface area contributed by atoms with Crippen molar-refractivity contribution in [3.63, 3.8) is 0 Å². The van der Waals surface area contributed by atoms with Crippen LogP contribution >= 0.6 is 11.8 Å². The maximum Gasteiger partial charge on any atom is 0.191 e. The zero-order valence-corrected chi connectivity index (χ0v) is 20.2. The van der Waals surface area contributed by atoms with Gasteiger partial charge in [-0.15, -0.1) is 16.8 Å². The molecule has 0 fully saturated rings. The number of unbranched alkanes of at least 4 members (excludes halogenated alkanes) is 1. The van der Waals surface area contributed by atoms with Crippen LogP contribution < -0.4 is 4.74 Å². The Hall–Kier alpha value is -2.58. The molecule has 0 saturated carbocycles. The summed E-state index contributed by atoms with van der Waals surface area (Å²) in [5.74, 6) is 1.96. The highest BCUT2D eigenvalue weighted by Crippen LogP contribution is 2.22. The summed E-state index contributed by atoms with van der Waals surface area (Å²) < 4.78 is 33.2. The fourth-order valence-electron chi connectivity index (χ4n) is 3.04. The molecule has 32 heavy (non-hydrogen) atoms. The molecule has 0 aliphatic carbocycles. The van der Waals surface area contributed by atoms with Crippen LogP contribution in [0.3, 0.4) is 0 Å². The van der Waals surface area contributed by atoms with E-state index in [-0.39, 0.29) is 5.75 Å². The number of hydrogen-bond acceptors (Lipinski definition) is 6. The Morgan fingerprint density at radius 1 is 1.00 bits per heavy atom. The van der Waals surface area contributed by atoms with Gasteiger partial charge in [-0.05, 0) is 51.0 Å². The van der Waals surface area contributed by atoms with E-state index in [4.69, 9.17) is 4.74 Å². The predicted octanol–water partition coefficient (Wildman–Crippen LogP) is 5.01. The molecule has 0 amide bonds. The van der Waals surface area contributed by atoms with Crippen LogP contribution in [0, 0.1) is 13.8 Å². The lowest BCUT2D eigenvalue weighted by atomic mass is 10.2. The van der Waals surface area contributed by atoms with Gasteiger partial charge in [0, 0.05) is 12.3 Å². The summed E-state index contributed by atoms with van der Waals surface area (Å²) >= 11 is 1.57. The van der Waals surface area contributed by atoms with E-state index >= 15 is 0 Å². The van der Waals surface area contributed by atoms with Crippen molar-refractivity contribution < 1.29 is 13.2 Å². The number of ether oxygens (including phenoxy) is 1. The smallest absolute Gasteiger partial charge is 0.191 e. The number of rotatable bonds is 12. The van der Waals surface area contributed by atoms with Gasteiger partial charge in [0.1, 0.15) is 17.3 Å². The number of nitrogens with zero attached hydrogens (tertiary/aromatic N) is 3. The van der Waals surface area contributed by atoms with Gasteiger partial charge in [0.15, 0.2) is 15.0 Å². The maximum absolute atomic E-state index is 12.8. The minimum absolute atomic E-state index is 0.193.